The number of rotatable bonds is 3. The lowest BCUT2D eigenvalue weighted by Gasteiger charge is -2.09. The number of amides is 1. The SMILES string of the molecule is Cc1nccn1-c1ccc(NC(=O)c2ccc3c(=O)n(C)c(=O)n(C)c3n2)cn1. The molecule has 0 aliphatic carbocycles. The third-order valence-electron chi connectivity index (χ3n) is 4.61. The number of anilines is 1. The molecule has 0 radical (unpaired) electrons. The summed E-state index contributed by atoms with van der Waals surface area (Å²) < 4.78 is 4.05. The molecule has 146 valence electrons. The molecule has 4 rings (SSSR count). The number of aromatic nitrogens is 6. The van der Waals surface area contributed by atoms with Gasteiger partial charge in [0.1, 0.15) is 23.0 Å². The maximum atomic E-state index is 12.6. The molecule has 0 saturated carbocycles. The molecule has 0 unspecified atom stereocenters. The highest BCUT2D eigenvalue weighted by Gasteiger charge is 2.14. The molecule has 4 aromatic heterocycles. The van der Waals surface area contributed by atoms with E-state index >= 15 is 0 Å². The van der Waals surface area contributed by atoms with E-state index in [2.05, 4.69) is 20.3 Å². The summed E-state index contributed by atoms with van der Waals surface area (Å²) in [6.45, 7) is 1.86. The molecule has 0 saturated heterocycles. The third kappa shape index (κ3) is 3.10. The summed E-state index contributed by atoms with van der Waals surface area (Å²) in [6, 6.07) is 6.40. The molecule has 0 aliphatic rings. The first-order chi connectivity index (χ1) is 13.9. The number of pyridine rings is 2. The Kier molecular flexibility index (Phi) is 4.30. The quantitative estimate of drug-likeness (QED) is 0.551. The average Bonchev–Trinajstić information content (AvgIpc) is 3.16. The number of hydrogen-bond acceptors (Lipinski definition) is 6. The highest BCUT2D eigenvalue weighted by atomic mass is 16.2. The van der Waals surface area contributed by atoms with E-state index in [-0.39, 0.29) is 16.7 Å². The van der Waals surface area contributed by atoms with Crippen molar-refractivity contribution in [1.29, 1.82) is 0 Å². The third-order valence-corrected chi connectivity index (χ3v) is 4.61. The first-order valence-electron chi connectivity index (χ1n) is 8.71. The van der Waals surface area contributed by atoms with Crippen molar-refractivity contribution in [2.45, 2.75) is 6.92 Å². The number of nitrogens with one attached hydrogen (secondary N) is 1. The highest BCUT2D eigenvalue weighted by molar-refractivity contribution is 6.03. The summed E-state index contributed by atoms with van der Waals surface area (Å²) in [5, 5.41) is 2.97. The Balaban J connectivity index is 1.63. The van der Waals surface area contributed by atoms with Gasteiger partial charge in [-0.25, -0.2) is 19.7 Å². The standard InChI is InChI=1S/C19H17N7O3/c1-11-20-8-9-26(11)15-7-4-12(10-21-15)22-17(27)14-6-5-13-16(23-14)24(2)19(29)25(3)18(13)28/h4-10H,1-3H3,(H,22,27). The minimum atomic E-state index is -0.512. The fourth-order valence-electron chi connectivity index (χ4n) is 3.00. The molecule has 10 nitrogen and oxygen atoms in total. The van der Waals surface area contributed by atoms with Gasteiger partial charge in [-0.2, -0.15) is 0 Å². The van der Waals surface area contributed by atoms with E-state index in [1.807, 2.05) is 11.5 Å². The lowest BCUT2D eigenvalue weighted by Crippen LogP contribution is -2.37. The molecule has 0 atom stereocenters. The summed E-state index contributed by atoms with van der Waals surface area (Å²) >= 11 is 0. The normalized spacial score (nSPS) is 11.0. The van der Waals surface area contributed by atoms with Crippen LogP contribution in [0.2, 0.25) is 0 Å². The lowest BCUT2D eigenvalue weighted by molar-refractivity contribution is 0.102. The fraction of sp³-hybridized carbons (Fsp3) is 0.158. The van der Waals surface area contributed by atoms with Gasteiger partial charge in [0.2, 0.25) is 0 Å². The second kappa shape index (κ2) is 6.82. The van der Waals surface area contributed by atoms with E-state index in [4.69, 9.17) is 0 Å². The zero-order valence-corrected chi connectivity index (χ0v) is 15.9. The van der Waals surface area contributed by atoms with Gasteiger partial charge in [-0.3, -0.25) is 23.3 Å². The monoisotopic (exact) mass is 391 g/mol. The maximum absolute atomic E-state index is 12.6. The second-order valence-electron chi connectivity index (χ2n) is 6.48. The van der Waals surface area contributed by atoms with Crippen LogP contribution in [0.5, 0.6) is 0 Å². The Morgan fingerprint density at radius 1 is 1.03 bits per heavy atom. The van der Waals surface area contributed by atoms with E-state index in [0.29, 0.717) is 11.5 Å². The number of nitrogens with zero attached hydrogens (tertiary/aromatic N) is 6. The predicted octanol–water partition coefficient (Wildman–Crippen LogP) is 0.774. The number of fused-ring (bicyclic) bond motifs is 1. The van der Waals surface area contributed by atoms with Gasteiger partial charge < -0.3 is 5.32 Å². The molecule has 0 bridgehead atoms. The van der Waals surface area contributed by atoms with Crippen molar-refractivity contribution in [3.05, 3.63) is 75.2 Å². The Morgan fingerprint density at radius 2 is 1.83 bits per heavy atom. The highest BCUT2D eigenvalue weighted by Crippen LogP contribution is 2.13. The number of hydrogen-bond donors (Lipinski definition) is 1. The Bertz CT molecular complexity index is 1360. The van der Waals surface area contributed by atoms with Crippen LogP contribution >= 0.6 is 0 Å². The van der Waals surface area contributed by atoms with Gasteiger partial charge in [0, 0.05) is 26.5 Å². The van der Waals surface area contributed by atoms with Crippen LogP contribution in [0, 0.1) is 6.92 Å². The summed E-state index contributed by atoms with van der Waals surface area (Å²) in [6.07, 6.45) is 5.00. The van der Waals surface area contributed by atoms with E-state index in [1.165, 1.54) is 37.0 Å². The first-order valence-corrected chi connectivity index (χ1v) is 8.71. The minimum Gasteiger partial charge on any atom is -0.319 e. The van der Waals surface area contributed by atoms with Crippen molar-refractivity contribution in [2.24, 2.45) is 14.1 Å². The summed E-state index contributed by atoms with van der Waals surface area (Å²) in [7, 11) is 2.90. The van der Waals surface area contributed by atoms with Crippen molar-refractivity contribution in [1.82, 2.24) is 28.7 Å². The zero-order chi connectivity index (χ0) is 20.7. The van der Waals surface area contributed by atoms with Crippen LogP contribution < -0.4 is 16.6 Å². The van der Waals surface area contributed by atoms with Crippen molar-refractivity contribution in [3.8, 4) is 5.82 Å². The van der Waals surface area contributed by atoms with E-state index < -0.39 is 17.2 Å². The summed E-state index contributed by atoms with van der Waals surface area (Å²) in [4.78, 5) is 49.6. The molecule has 0 spiro atoms. The van der Waals surface area contributed by atoms with Crippen LogP contribution in [-0.2, 0) is 14.1 Å². The Labute approximate surface area is 164 Å². The molecule has 0 aromatic carbocycles. The molecular formula is C19H17N7O3. The van der Waals surface area contributed by atoms with Gasteiger partial charge in [-0.05, 0) is 31.2 Å². The second-order valence-corrected chi connectivity index (χ2v) is 6.48. The molecule has 29 heavy (non-hydrogen) atoms. The average molecular weight is 391 g/mol. The number of aryl methyl sites for hydroxylation is 2. The van der Waals surface area contributed by atoms with Crippen LogP contribution in [0.15, 0.2) is 52.4 Å². The van der Waals surface area contributed by atoms with Gasteiger partial charge in [0.05, 0.1) is 17.3 Å². The molecule has 4 heterocycles. The molecule has 1 N–H and O–H groups in total. The minimum absolute atomic E-state index is 0.0790. The van der Waals surface area contributed by atoms with Gasteiger partial charge in [-0.1, -0.05) is 0 Å². The smallest absolute Gasteiger partial charge is 0.319 e. The molecular weight excluding hydrogens is 374 g/mol. The number of carbonyl (C=O) groups is 1. The Morgan fingerprint density at radius 3 is 2.48 bits per heavy atom. The van der Waals surface area contributed by atoms with Crippen LogP contribution in [0.1, 0.15) is 16.3 Å². The van der Waals surface area contributed by atoms with Crippen molar-refractivity contribution < 1.29 is 4.79 Å². The molecule has 1 amide bonds. The van der Waals surface area contributed by atoms with Crippen LogP contribution in [0.25, 0.3) is 16.9 Å². The summed E-state index contributed by atoms with van der Waals surface area (Å²) in [5.41, 5.74) is -0.263. The predicted molar refractivity (Wildman–Crippen MR) is 106 cm³/mol. The van der Waals surface area contributed by atoms with Gasteiger partial charge in [-0.15, -0.1) is 0 Å². The first kappa shape index (κ1) is 18.3. The van der Waals surface area contributed by atoms with Crippen molar-refractivity contribution in [2.75, 3.05) is 5.32 Å². The van der Waals surface area contributed by atoms with Crippen molar-refractivity contribution in [3.63, 3.8) is 0 Å². The largest absolute Gasteiger partial charge is 0.332 e. The maximum Gasteiger partial charge on any atom is 0.332 e. The van der Waals surface area contributed by atoms with Crippen LogP contribution in [-0.4, -0.2) is 34.6 Å². The molecule has 0 aliphatic heterocycles. The van der Waals surface area contributed by atoms with Gasteiger partial charge >= 0.3 is 5.69 Å². The van der Waals surface area contributed by atoms with E-state index in [1.54, 1.807) is 24.5 Å². The topological polar surface area (TPSA) is 117 Å². The number of carbonyl (C=O) groups excluding carboxylic acids is 1. The molecule has 4 aromatic rings. The van der Waals surface area contributed by atoms with E-state index in [0.717, 1.165) is 10.4 Å². The fourth-order valence-corrected chi connectivity index (χ4v) is 3.00. The van der Waals surface area contributed by atoms with Gasteiger partial charge in [0.25, 0.3) is 11.5 Å². The Hall–Kier alpha value is -4.08. The molecule has 10 heteroatoms. The van der Waals surface area contributed by atoms with Crippen LogP contribution in [0.4, 0.5) is 5.69 Å². The molecule has 0 fully saturated rings. The van der Waals surface area contributed by atoms with Gasteiger partial charge in [0.15, 0.2) is 0 Å². The lowest BCUT2D eigenvalue weighted by atomic mass is 10.2. The number of imidazole rings is 1. The van der Waals surface area contributed by atoms with Crippen LogP contribution in [0.3, 0.4) is 0 Å². The zero-order valence-electron chi connectivity index (χ0n) is 15.9. The van der Waals surface area contributed by atoms with Crippen molar-refractivity contribution >= 4 is 22.6 Å². The summed E-state index contributed by atoms with van der Waals surface area (Å²) in [5.74, 6) is 0.993. The van der Waals surface area contributed by atoms with E-state index in [9.17, 15) is 14.4 Å².